The molecule has 3 rings (SSSR count). The zero-order valence-corrected chi connectivity index (χ0v) is 9.36. The number of fused-ring (bicyclic) bond motifs is 1. The van der Waals surface area contributed by atoms with Gasteiger partial charge in [-0.3, -0.25) is 4.79 Å². The van der Waals surface area contributed by atoms with Gasteiger partial charge in [-0.2, -0.15) is 0 Å². The van der Waals surface area contributed by atoms with Crippen LogP contribution in [0, 0.1) is 11.8 Å². The number of nitrogens with one attached hydrogen (secondary N) is 1. The van der Waals surface area contributed by atoms with E-state index in [4.69, 9.17) is 0 Å². The monoisotopic (exact) mass is 213 g/mol. The molecule has 16 heavy (non-hydrogen) atoms. The lowest BCUT2D eigenvalue weighted by molar-refractivity contribution is 0.0976. The van der Waals surface area contributed by atoms with Crippen molar-refractivity contribution in [2.75, 3.05) is 0 Å². The van der Waals surface area contributed by atoms with Crippen molar-refractivity contribution in [2.45, 2.75) is 19.8 Å². The van der Waals surface area contributed by atoms with Crippen LogP contribution in [-0.4, -0.2) is 10.8 Å². The molecule has 1 N–H and O–H groups in total. The molecule has 2 atom stereocenters. The van der Waals surface area contributed by atoms with Crippen molar-refractivity contribution < 1.29 is 4.79 Å². The maximum atomic E-state index is 12.1. The quantitative estimate of drug-likeness (QED) is 0.779. The highest BCUT2D eigenvalue weighted by Crippen LogP contribution is 2.41. The van der Waals surface area contributed by atoms with Gasteiger partial charge in [0.25, 0.3) is 0 Å². The van der Waals surface area contributed by atoms with Crippen molar-refractivity contribution in [3.05, 3.63) is 36.0 Å². The number of hydrogen-bond acceptors (Lipinski definition) is 1. The minimum atomic E-state index is 0.280. The molecule has 2 heteroatoms. The van der Waals surface area contributed by atoms with Crippen LogP contribution >= 0.6 is 0 Å². The lowest BCUT2D eigenvalue weighted by Gasteiger charge is -2.02. The lowest BCUT2D eigenvalue weighted by atomic mass is 10.0. The second-order valence-corrected chi connectivity index (χ2v) is 4.85. The molecule has 1 fully saturated rings. The molecule has 82 valence electrons. The molecule has 0 saturated heterocycles. The van der Waals surface area contributed by atoms with Gasteiger partial charge in [-0.25, -0.2) is 0 Å². The smallest absolute Gasteiger partial charge is 0.165 e. The molecule has 1 heterocycles. The van der Waals surface area contributed by atoms with Crippen LogP contribution in [0.5, 0.6) is 0 Å². The van der Waals surface area contributed by atoms with Gasteiger partial charge in [0.05, 0.1) is 5.52 Å². The van der Waals surface area contributed by atoms with Crippen LogP contribution < -0.4 is 0 Å². The van der Waals surface area contributed by atoms with Gasteiger partial charge >= 0.3 is 0 Å². The van der Waals surface area contributed by atoms with Crippen molar-refractivity contribution in [1.82, 2.24) is 4.98 Å². The molecule has 1 aromatic carbocycles. The number of H-pyrrole nitrogens is 1. The van der Waals surface area contributed by atoms with Crippen molar-refractivity contribution >= 4 is 16.7 Å². The van der Waals surface area contributed by atoms with Crippen LogP contribution in [0.3, 0.4) is 0 Å². The molecule has 0 bridgehead atoms. The molecule has 1 unspecified atom stereocenters. The number of aromatic nitrogens is 1. The molecule has 0 amide bonds. The summed E-state index contributed by atoms with van der Waals surface area (Å²) in [6.07, 6.45) is 3.81. The highest BCUT2D eigenvalue weighted by Gasteiger charge is 2.34. The van der Waals surface area contributed by atoms with Gasteiger partial charge in [0, 0.05) is 23.6 Å². The topological polar surface area (TPSA) is 32.9 Å². The standard InChI is InChI=1S/C14H15NO/c1-9-7-11(9)8-13(16)12-4-2-3-10-5-6-15-14(10)12/h2-6,9,11,15H,7-8H2,1H3/t9-,11?/m0/s1. The first-order chi connectivity index (χ1) is 7.75. The summed E-state index contributed by atoms with van der Waals surface area (Å²) in [5.41, 5.74) is 1.84. The second kappa shape index (κ2) is 3.48. The average molecular weight is 213 g/mol. The van der Waals surface area contributed by atoms with E-state index in [1.54, 1.807) is 0 Å². The number of ketones is 1. The van der Waals surface area contributed by atoms with Crippen molar-refractivity contribution in [3.8, 4) is 0 Å². The van der Waals surface area contributed by atoms with Crippen LogP contribution in [0.2, 0.25) is 0 Å². The van der Waals surface area contributed by atoms with Crippen LogP contribution in [0.1, 0.15) is 30.1 Å². The lowest BCUT2D eigenvalue weighted by Crippen LogP contribution is -2.01. The predicted octanol–water partition coefficient (Wildman–Crippen LogP) is 3.40. The van der Waals surface area contributed by atoms with E-state index in [0.717, 1.165) is 22.4 Å². The number of hydrogen-bond donors (Lipinski definition) is 1. The molecule has 0 radical (unpaired) electrons. The van der Waals surface area contributed by atoms with Crippen LogP contribution in [0.25, 0.3) is 10.9 Å². The SMILES string of the molecule is C[C@H]1CC1CC(=O)c1cccc2cc[nH]c12. The Labute approximate surface area is 94.7 Å². The van der Waals surface area contributed by atoms with Crippen molar-refractivity contribution in [1.29, 1.82) is 0 Å². The summed E-state index contributed by atoms with van der Waals surface area (Å²) >= 11 is 0. The Hall–Kier alpha value is -1.57. The maximum absolute atomic E-state index is 12.1. The maximum Gasteiger partial charge on any atom is 0.165 e. The first-order valence-electron chi connectivity index (χ1n) is 5.85. The highest BCUT2D eigenvalue weighted by atomic mass is 16.1. The van der Waals surface area contributed by atoms with E-state index in [1.165, 1.54) is 6.42 Å². The molecule has 2 nitrogen and oxygen atoms in total. The summed E-state index contributed by atoms with van der Waals surface area (Å²) in [5, 5.41) is 1.12. The fraction of sp³-hybridized carbons (Fsp3) is 0.357. The van der Waals surface area contributed by atoms with Gasteiger partial charge in [0.1, 0.15) is 0 Å². The van der Waals surface area contributed by atoms with Gasteiger partial charge in [0.2, 0.25) is 0 Å². The zero-order chi connectivity index (χ0) is 11.1. The molecule has 0 aliphatic heterocycles. The summed E-state index contributed by atoms with van der Waals surface area (Å²) in [7, 11) is 0. The minimum Gasteiger partial charge on any atom is -0.361 e. The van der Waals surface area contributed by atoms with E-state index in [9.17, 15) is 4.79 Å². The van der Waals surface area contributed by atoms with Gasteiger partial charge in [-0.15, -0.1) is 0 Å². The third-order valence-corrected chi connectivity index (χ3v) is 3.61. The molecular formula is C14H15NO. The predicted molar refractivity (Wildman–Crippen MR) is 64.5 cm³/mol. The number of rotatable bonds is 3. The summed E-state index contributed by atoms with van der Waals surface area (Å²) in [6.45, 7) is 2.22. The number of benzene rings is 1. The summed E-state index contributed by atoms with van der Waals surface area (Å²) in [4.78, 5) is 15.3. The summed E-state index contributed by atoms with van der Waals surface area (Å²) in [5.74, 6) is 1.65. The molecule has 2 aromatic rings. The number of Topliss-reactive ketones (excluding diaryl/α,β-unsaturated/α-hetero) is 1. The Bertz CT molecular complexity index is 540. The zero-order valence-electron chi connectivity index (χ0n) is 9.36. The number of carbonyl (C=O) groups excluding carboxylic acids is 1. The number of aromatic amines is 1. The molecule has 0 spiro atoms. The third-order valence-electron chi connectivity index (χ3n) is 3.61. The molecule has 1 saturated carbocycles. The third kappa shape index (κ3) is 1.54. The average Bonchev–Trinajstić information content (AvgIpc) is 2.81. The number of para-hydroxylation sites is 1. The molecule has 1 aliphatic carbocycles. The molecular weight excluding hydrogens is 198 g/mol. The Balaban J connectivity index is 1.92. The van der Waals surface area contributed by atoms with Crippen molar-refractivity contribution in [3.63, 3.8) is 0 Å². The van der Waals surface area contributed by atoms with E-state index in [0.29, 0.717) is 12.3 Å². The Morgan fingerprint density at radius 1 is 1.44 bits per heavy atom. The number of carbonyl (C=O) groups is 1. The van der Waals surface area contributed by atoms with E-state index in [2.05, 4.69) is 11.9 Å². The highest BCUT2D eigenvalue weighted by molar-refractivity contribution is 6.07. The fourth-order valence-electron chi connectivity index (χ4n) is 2.35. The molecule has 1 aliphatic rings. The van der Waals surface area contributed by atoms with Gasteiger partial charge in [0.15, 0.2) is 5.78 Å². The van der Waals surface area contributed by atoms with Gasteiger partial charge in [-0.1, -0.05) is 19.1 Å². The Morgan fingerprint density at radius 2 is 2.25 bits per heavy atom. The van der Waals surface area contributed by atoms with Crippen LogP contribution in [0.4, 0.5) is 0 Å². The Morgan fingerprint density at radius 3 is 3.00 bits per heavy atom. The Kier molecular flexibility index (Phi) is 2.10. The van der Waals surface area contributed by atoms with Crippen LogP contribution in [-0.2, 0) is 0 Å². The van der Waals surface area contributed by atoms with E-state index in [1.807, 2.05) is 30.5 Å². The first-order valence-corrected chi connectivity index (χ1v) is 5.85. The molecule has 1 aromatic heterocycles. The summed E-state index contributed by atoms with van der Waals surface area (Å²) < 4.78 is 0. The van der Waals surface area contributed by atoms with Gasteiger partial charge < -0.3 is 4.98 Å². The van der Waals surface area contributed by atoms with E-state index >= 15 is 0 Å². The first kappa shape index (κ1) is 9.64. The van der Waals surface area contributed by atoms with Crippen LogP contribution in [0.15, 0.2) is 30.5 Å². The normalized spacial score (nSPS) is 23.6. The van der Waals surface area contributed by atoms with E-state index < -0.39 is 0 Å². The minimum absolute atomic E-state index is 0.280. The van der Waals surface area contributed by atoms with Gasteiger partial charge in [-0.05, 0) is 30.4 Å². The second-order valence-electron chi connectivity index (χ2n) is 4.85. The fourth-order valence-corrected chi connectivity index (χ4v) is 2.35. The summed E-state index contributed by atoms with van der Waals surface area (Å²) in [6, 6.07) is 7.92. The van der Waals surface area contributed by atoms with Crippen molar-refractivity contribution in [2.24, 2.45) is 11.8 Å². The van der Waals surface area contributed by atoms with E-state index in [-0.39, 0.29) is 5.78 Å². The largest absolute Gasteiger partial charge is 0.361 e.